The minimum Gasteiger partial charge on any atom is -0.355 e. The summed E-state index contributed by atoms with van der Waals surface area (Å²) in [5.41, 5.74) is 1.00. The Kier molecular flexibility index (Phi) is 4.57. The van der Waals surface area contributed by atoms with Gasteiger partial charge in [0.05, 0.1) is 6.54 Å². The van der Waals surface area contributed by atoms with Gasteiger partial charge in [-0.25, -0.2) is 4.79 Å². The van der Waals surface area contributed by atoms with E-state index in [0.717, 1.165) is 5.56 Å². The van der Waals surface area contributed by atoms with Crippen molar-refractivity contribution in [2.45, 2.75) is 12.5 Å². The second kappa shape index (κ2) is 6.78. The van der Waals surface area contributed by atoms with Gasteiger partial charge < -0.3 is 10.6 Å². The van der Waals surface area contributed by atoms with Gasteiger partial charge in [0.1, 0.15) is 0 Å². The number of nitrogens with zero attached hydrogens (tertiary/aromatic N) is 2. The Morgan fingerprint density at radius 3 is 2.52 bits per heavy atom. The lowest BCUT2D eigenvalue weighted by Gasteiger charge is -2.29. The molecule has 2 aliphatic rings. The molecule has 122 valence electrons. The van der Waals surface area contributed by atoms with Crippen LogP contribution >= 0.6 is 0 Å². The van der Waals surface area contributed by atoms with Gasteiger partial charge in [0.2, 0.25) is 11.8 Å². The molecule has 2 fully saturated rings. The van der Waals surface area contributed by atoms with E-state index in [-0.39, 0.29) is 30.4 Å². The maximum Gasteiger partial charge on any atom is 0.324 e. The normalized spacial score (nSPS) is 22.4. The third kappa shape index (κ3) is 3.50. The third-order valence-electron chi connectivity index (χ3n) is 4.22. The first-order valence-electron chi connectivity index (χ1n) is 7.79. The lowest BCUT2D eigenvalue weighted by molar-refractivity contribution is -0.130. The highest BCUT2D eigenvalue weighted by Gasteiger charge is 2.32. The van der Waals surface area contributed by atoms with E-state index >= 15 is 0 Å². The van der Waals surface area contributed by atoms with Crippen molar-refractivity contribution in [2.75, 3.05) is 32.7 Å². The van der Waals surface area contributed by atoms with Crippen molar-refractivity contribution < 1.29 is 14.4 Å². The summed E-state index contributed by atoms with van der Waals surface area (Å²) in [4.78, 5) is 39.2. The summed E-state index contributed by atoms with van der Waals surface area (Å²) in [7, 11) is 0. The van der Waals surface area contributed by atoms with Gasteiger partial charge in [-0.15, -0.1) is 0 Å². The summed E-state index contributed by atoms with van der Waals surface area (Å²) < 4.78 is 0. The summed E-state index contributed by atoms with van der Waals surface area (Å²) >= 11 is 0. The van der Waals surface area contributed by atoms with Gasteiger partial charge in [-0.05, 0) is 5.56 Å². The Bertz CT molecular complexity index is 605. The summed E-state index contributed by atoms with van der Waals surface area (Å²) in [6.07, 6.45) is 0.309. The van der Waals surface area contributed by atoms with Crippen molar-refractivity contribution in [2.24, 2.45) is 0 Å². The van der Waals surface area contributed by atoms with E-state index in [0.29, 0.717) is 32.6 Å². The minimum atomic E-state index is -0.338. The molecule has 0 saturated carbocycles. The van der Waals surface area contributed by atoms with Gasteiger partial charge in [0, 0.05) is 38.6 Å². The van der Waals surface area contributed by atoms with Crippen LogP contribution in [0.1, 0.15) is 18.0 Å². The van der Waals surface area contributed by atoms with Gasteiger partial charge in [-0.1, -0.05) is 30.3 Å². The number of carbonyl (C=O) groups is 3. The largest absolute Gasteiger partial charge is 0.355 e. The van der Waals surface area contributed by atoms with Crippen LogP contribution in [0.5, 0.6) is 0 Å². The van der Waals surface area contributed by atoms with E-state index < -0.39 is 0 Å². The van der Waals surface area contributed by atoms with Gasteiger partial charge in [-0.3, -0.25) is 19.4 Å². The molecule has 23 heavy (non-hydrogen) atoms. The molecule has 0 radical (unpaired) electrons. The highest BCUT2D eigenvalue weighted by molar-refractivity contribution is 5.96. The molecular weight excluding hydrogens is 296 g/mol. The van der Waals surface area contributed by atoms with Crippen molar-refractivity contribution in [1.82, 2.24) is 20.4 Å². The SMILES string of the molecule is O=C1C[C@@H](c2ccccc2)N(CC(=O)N2CCNC2=O)CCN1. The van der Waals surface area contributed by atoms with Crippen LogP contribution in [-0.4, -0.2) is 60.4 Å². The average Bonchev–Trinajstić information content (AvgIpc) is 2.90. The molecule has 1 aromatic rings. The molecule has 1 aromatic carbocycles. The number of urea groups is 1. The number of hydrogen-bond acceptors (Lipinski definition) is 4. The zero-order valence-electron chi connectivity index (χ0n) is 12.8. The zero-order valence-corrected chi connectivity index (χ0v) is 12.8. The zero-order chi connectivity index (χ0) is 16.2. The Labute approximate surface area is 134 Å². The summed E-state index contributed by atoms with van der Waals surface area (Å²) in [5.74, 6) is -0.247. The molecule has 0 bridgehead atoms. The standard InChI is InChI=1S/C16H20N4O3/c21-14-10-13(12-4-2-1-3-5-12)19(8-6-17-14)11-15(22)20-9-7-18-16(20)23/h1-5,13H,6-11H2,(H,17,21)(H,18,23)/t13-/m0/s1. The smallest absolute Gasteiger partial charge is 0.324 e. The Morgan fingerprint density at radius 2 is 1.83 bits per heavy atom. The minimum absolute atomic E-state index is 0.0206. The average molecular weight is 316 g/mol. The topological polar surface area (TPSA) is 81.8 Å². The molecule has 3 rings (SSSR count). The monoisotopic (exact) mass is 316 g/mol. The molecule has 0 aromatic heterocycles. The van der Waals surface area contributed by atoms with E-state index in [1.165, 1.54) is 4.90 Å². The Balaban J connectivity index is 1.77. The fourth-order valence-corrected chi connectivity index (χ4v) is 3.03. The maximum atomic E-state index is 12.4. The van der Waals surface area contributed by atoms with Gasteiger partial charge >= 0.3 is 6.03 Å². The molecule has 2 aliphatic heterocycles. The van der Waals surface area contributed by atoms with Gasteiger partial charge in [-0.2, -0.15) is 0 Å². The van der Waals surface area contributed by atoms with Crippen LogP contribution < -0.4 is 10.6 Å². The van der Waals surface area contributed by atoms with Crippen LogP contribution in [0.25, 0.3) is 0 Å². The van der Waals surface area contributed by atoms with E-state index in [1.807, 2.05) is 35.2 Å². The molecule has 2 saturated heterocycles. The lowest BCUT2D eigenvalue weighted by atomic mass is 10.0. The van der Waals surface area contributed by atoms with Crippen molar-refractivity contribution in [3.8, 4) is 0 Å². The second-order valence-electron chi connectivity index (χ2n) is 5.73. The van der Waals surface area contributed by atoms with E-state index in [4.69, 9.17) is 0 Å². The molecule has 2 N–H and O–H groups in total. The first kappa shape index (κ1) is 15.5. The van der Waals surface area contributed by atoms with E-state index in [9.17, 15) is 14.4 Å². The Morgan fingerprint density at radius 1 is 1.09 bits per heavy atom. The molecule has 4 amide bonds. The number of amides is 4. The van der Waals surface area contributed by atoms with Crippen LogP contribution in [0.4, 0.5) is 4.79 Å². The van der Waals surface area contributed by atoms with Crippen LogP contribution in [0.3, 0.4) is 0 Å². The highest BCUT2D eigenvalue weighted by Crippen LogP contribution is 2.25. The summed E-state index contributed by atoms with van der Waals surface area (Å²) in [6.45, 7) is 2.10. The first-order valence-corrected chi connectivity index (χ1v) is 7.79. The Hall–Kier alpha value is -2.41. The number of rotatable bonds is 3. The number of carbonyl (C=O) groups excluding carboxylic acids is 3. The number of nitrogens with one attached hydrogen (secondary N) is 2. The molecule has 2 heterocycles. The maximum absolute atomic E-state index is 12.4. The molecule has 7 heteroatoms. The van der Waals surface area contributed by atoms with Gasteiger partial charge in [0.15, 0.2) is 0 Å². The van der Waals surface area contributed by atoms with Crippen molar-refractivity contribution in [1.29, 1.82) is 0 Å². The van der Waals surface area contributed by atoms with Crippen molar-refractivity contribution in [3.63, 3.8) is 0 Å². The summed E-state index contributed by atoms with van der Waals surface area (Å²) in [5, 5.41) is 5.47. The molecule has 0 aliphatic carbocycles. The predicted molar refractivity (Wildman–Crippen MR) is 83.5 cm³/mol. The van der Waals surface area contributed by atoms with Crippen LogP contribution in [0, 0.1) is 0 Å². The van der Waals surface area contributed by atoms with Crippen LogP contribution in [-0.2, 0) is 9.59 Å². The number of imide groups is 1. The highest BCUT2D eigenvalue weighted by atomic mass is 16.2. The second-order valence-corrected chi connectivity index (χ2v) is 5.73. The molecule has 7 nitrogen and oxygen atoms in total. The van der Waals surface area contributed by atoms with Crippen LogP contribution in [0.15, 0.2) is 30.3 Å². The first-order chi connectivity index (χ1) is 11.1. The van der Waals surface area contributed by atoms with E-state index in [1.54, 1.807) is 0 Å². The lowest BCUT2D eigenvalue weighted by Crippen LogP contribution is -2.43. The number of hydrogen-bond donors (Lipinski definition) is 2. The molecule has 1 atom stereocenters. The predicted octanol–water partition coefficient (Wildman–Crippen LogP) is 0.101. The van der Waals surface area contributed by atoms with Crippen molar-refractivity contribution in [3.05, 3.63) is 35.9 Å². The van der Waals surface area contributed by atoms with E-state index in [2.05, 4.69) is 10.6 Å². The van der Waals surface area contributed by atoms with Gasteiger partial charge in [0.25, 0.3) is 0 Å². The summed E-state index contributed by atoms with van der Waals surface area (Å²) in [6, 6.07) is 9.19. The molecule has 0 unspecified atom stereocenters. The fourth-order valence-electron chi connectivity index (χ4n) is 3.03. The fraction of sp³-hybridized carbons (Fsp3) is 0.438. The van der Waals surface area contributed by atoms with Crippen LogP contribution in [0.2, 0.25) is 0 Å². The quantitative estimate of drug-likeness (QED) is 0.829. The third-order valence-corrected chi connectivity index (χ3v) is 4.22. The molecule has 0 spiro atoms. The van der Waals surface area contributed by atoms with Crippen molar-refractivity contribution >= 4 is 17.8 Å². The molecular formula is C16H20N4O3. The number of benzene rings is 1.